The van der Waals surface area contributed by atoms with E-state index in [-0.39, 0.29) is 31.3 Å². The first-order valence-corrected chi connectivity index (χ1v) is 23.3. The first kappa shape index (κ1) is 51.9. The number of hydrogen-bond acceptors (Lipinski definition) is 14. The van der Waals surface area contributed by atoms with Crippen LogP contribution >= 0.6 is 0 Å². The number of nitrogens with zero attached hydrogens (tertiary/aromatic N) is 4. The number of aliphatic hydroxyl groups excluding tert-OH is 1. The summed E-state index contributed by atoms with van der Waals surface area (Å²) >= 11 is 0. The highest BCUT2D eigenvalue weighted by Gasteiger charge is 2.58. The highest BCUT2D eigenvalue weighted by Crippen LogP contribution is 2.42. The maximum Gasteiger partial charge on any atom is 0.410 e. The monoisotopic (exact) mass is 925 g/mol. The van der Waals surface area contributed by atoms with Crippen LogP contribution in [0.15, 0.2) is 48.8 Å². The molecule has 3 fully saturated rings. The van der Waals surface area contributed by atoms with Crippen LogP contribution in [0.25, 0.3) is 11.8 Å². The van der Waals surface area contributed by atoms with Crippen molar-refractivity contribution < 1.29 is 57.5 Å². The van der Waals surface area contributed by atoms with Gasteiger partial charge in [-0.15, -0.1) is 0 Å². The Morgan fingerprint density at radius 2 is 1.71 bits per heavy atom. The smallest absolute Gasteiger partial charge is 0.410 e. The van der Waals surface area contributed by atoms with Crippen LogP contribution in [0.3, 0.4) is 0 Å². The molecule has 4 heterocycles. The quantitative estimate of drug-likeness (QED) is 0.172. The minimum absolute atomic E-state index is 0.0560. The Bertz CT molecular complexity index is 1990. The van der Waals surface area contributed by atoms with Crippen LogP contribution in [0.2, 0.25) is 0 Å². The number of cyclic esters (lactones) is 1. The lowest BCUT2D eigenvalue weighted by molar-refractivity contribution is -0.298. The van der Waals surface area contributed by atoms with E-state index in [9.17, 15) is 29.1 Å². The standard InChI is InChI=1S/C48H72N6O12/c1-13-36-48(10)40(51-45(59)66-48)30(6)37(55)28(4)27-47(9,65-44(58)49-23-16-18-33-19-21-34(22-20-33)54-25-17-24-50-54)41(64-43-38(56)35(52(11)12)26-29(5)61-43)31(7)39(32(8)42(57)62-36)63-46(60)53(14-2)15-3/h16-22,24-25,28-32,35-36,38-41,43,56H,13-15,23,26-27H2,1-12H3,(H,49,58)(H,51,59)/t28-,29-,30+,31+,32-,35+,36-,38-,39+,40-,41-,43+,47-,48-/m1/s1. The number of ketones is 1. The number of alkyl carbamates (subject to hydrolysis) is 2. The van der Waals surface area contributed by atoms with E-state index in [2.05, 4.69) is 15.7 Å². The predicted octanol–water partition coefficient (Wildman–Crippen LogP) is 5.73. The lowest BCUT2D eigenvalue weighted by Gasteiger charge is -2.48. The highest BCUT2D eigenvalue weighted by atomic mass is 16.7. The topological polar surface area (TPSA) is 209 Å². The summed E-state index contributed by atoms with van der Waals surface area (Å²) in [5.41, 5.74) is -1.45. The SMILES string of the molecule is CC[C@H]1OC(=O)[C@H](C)[C@@H](OC(=O)N(CC)CC)[C@H](C)[C@@H](O[C@@H]2O[C@H](C)C[C@H](N(C)C)[C@H]2O)[C@](C)(OC(=O)NCC=Cc2ccc(-n3cccn3)cc2)C[C@@H](C)C(=O)[C@H](C)[C@H]2NC(=O)O[C@@]21C. The van der Waals surface area contributed by atoms with Gasteiger partial charge in [-0.2, -0.15) is 5.10 Å². The molecule has 1 aromatic heterocycles. The van der Waals surface area contributed by atoms with Crippen molar-refractivity contribution >= 4 is 36.1 Å². The Balaban J connectivity index is 1.59. The molecule has 14 atom stereocenters. The van der Waals surface area contributed by atoms with E-state index in [4.69, 9.17) is 28.4 Å². The minimum Gasteiger partial charge on any atom is -0.458 e. The van der Waals surface area contributed by atoms with Crippen molar-refractivity contribution in [3.8, 4) is 5.69 Å². The van der Waals surface area contributed by atoms with Gasteiger partial charge in [0.05, 0.1) is 23.8 Å². The molecule has 0 spiro atoms. The summed E-state index contributed by atoms with van der Waals surface area (Å²) < 4.78 is 39.7. The third kappa shape index (κ3) is 11.7. The second-order valence-electron chi connectivity index (χ2n) is 18.7. The average Bonchev–Trinajstić information content (AvgIpc) is 3.93. The molecular weight excluding hydrogens is 853 g/mol. The fourth-order valence-electron chi connectivity index (χ4n) is 9.85. The van der Waals surface area contributed by atoms with Gasteiger partial charge in [0.1, 0.15) is 35.8 Å². The van der Waals surface area contributed by atoms with E-state index in [1.54, 1.807) is 79.3 Å². The second-order valence-corrected chi connectivity index (χ2v) is 18.7. The first-order chi connectivity index (χ1) is 31.2. The molecule has 0 bridgehead atoms. The van der Waals surface area contributed by atoms with Crippen molar-refractivity contribution in [3.05, 3.63) is 54.4 Å². The highest BCUT2D eigenvalue weighted by molar-refractivity contribution is 5.85. The maximum atomic E-state index is 14.7. The molecule has 3 amide bonds. The predicted molar refractivity (Wildman–Crippen MR) is 244 cm³/mol. The van der Waals surface area contributed by atoms with Gasteiger partial charge in [0.2, 0.25) is 0 Å². The Labute approximate surface area is 389 Å². The normalized spacial score (nSPS) is 34.4. The van der Waals surface area contributed by atoms with Gasteiger partial charge in [0.25, 0.3) is 0 Å². The van der Waals surface area contributed by atoms with Gasteiger partial charge in [-0.25, -0.2) is 19.1 Å². The van der Waals surface area contributed by atoms with Crippen LogP contribution < -0.4 is 10.6 Å². The fourth-order valence-corrected chi connectivity index (χ4v) is 9.85. The molecule has 3 N–H and O–H groups in total. The van der Waals surface area contributed by atoms with Gasteiger partial charge < -0.3 is 54.0 Å². The third-order valence-electron chi connectivity index (χ3n) is 13.6. The van der Waals surface area contributed by atoms with E-state index in [0.29, 0.717) is 19.5 Å². The average molecular weight is 925 g/mol. The number of benzene rings is 1. The number of likely N-dealkylation sites (N-methyl/N-ethyl adjacent to an activating group) is 1. The summed E-state index contributed by atoms with van der Waals surface area (Å²) in [6, 6.07) is 8.20. The van der Waals surface area contributed by atoms with Gasteiger partial charge in [0.15, 0.2) is 11.9 Å². The van der Waals surface area contributed by atoms with Crippen molar-refractivity contribution in [2.45, 2.75) is 149 Å². The lowest BCUT2D eigenvalue weighted by atomic mass is 9.73. The molecule has 0 aliphatic carbocycles. The zero-order valence-electron chi connectivity index (χ0n) is 40.6. The molecule has 1 aromatic carbocycles. The summed E-state index contributed by atoms with van der Waals surface area (Å²) in [4.78, 5) is 73.6. The first-order valence-electron chi connectivity index (χ1n) is 23.3. The number of fused-ring (bicyclic) bond motifs is 1. The Kier molecular flexibility index (Phi) is 17.4. The van der Waals surface area contributed by atoms with Crippen LogP contribution in [0.4, 0.5) is 14.4 Å². The number of rotatable bonds is 12. The Hall–Kier alpha value is -5.04. The molecule has 18 nitrogen and oxygen atoms in total. The van der Waals surface area contributed by atoms with Crippen molar-refractivity contribution in [2.24, 2.45) is 23.7 Å². The lowest BCUT2D eigenvalue weighted by Crippen LogP contribution is -2.61. The molecule has 366 valence electrons. The van der Waals surface area contributed by atoms with Crippen molar-refractivity contribution in [3.63, 3.8) is 0 Å². The molecule has 5 rings (SSSR count). The van der Waals surface area contributed by atoms with Crippen LogP contribution in [0.5, 0.6) is 0 Å². The van der Waals surface area contributed by atoms with E-state index >= 15 is 0 Å². The number of amides is 3. The number of carbonyl (C=O) groups is 5. The molecule has 2 aromatic rings. The van der Waals surface area contributed by atoms with Crippen molar-refractivity contribution in [2.75, 3.05) is 33.7 Å². The largest absolute Gasteiger partial charge is 0.458 e. The molecule has 66 heavy (non-hydrogen) atoms. The zero-order chi connectivity index (χ0) is 48.7. The minimum atomic E-state index is -1.75. The molecule has 0 radical (unpaired) electrons. The van der Waals surface area contributed by atoms with Gasteiger partial charge >= 0.3 is 24.2 Å². The summed E-state index contributed by atoms with van der Waals surface area (Å²) in [7, 11) is 3.68. The molecular formula is C48H72N6O12. The van der Waals surface area contributed by atoms with Crippen molar-refractivity contribution in [1.29, 1.82) is 0 Å². The number of nitrogens with one attached hydrogen (secondary N) is 2. The third-order valence-corrected chi connectivity index (χ3v) is 13.6. The van der Waals surface area contributed by atoms with E-state index < -0.39 is 102 Å². The van der Waals surface area contributed by atoms with E-state index in [1.807, 2.05) is 68.5 Å². The van der Waals surface area contributed by atoms with Gasteiger partial charge in [0, 0.05) is 55.8 Å². The molecule has 3 saturated heterocycles. The zero-order valence-corrected chi connectivity index (χ0v) is 40.6. The van der Waals surface area contributed by atoms with Crippen LogP contribution in [0, 0.1) is 23.7 Å². The van der Waals surface area contributed by atoms with E-state index in [1.165, 1.54) is 4.90 Å². The summed E-state index contributed by atoms with van der Waals surface area (Å²) in [6.45, 7) is 17.8. The maximum absolute atomic E-state index is 14.7. The number of Topliss-reactive ketones (excluding diaryl/α,β-unsaturated/α-hetero) is 1. The van der Waals surface area contributed by atoms with Gasteiger partial charge in [-0.05, 0) is 98.7 Å². The van der Waals surface area contributed by atoms with Gasteiger partial charge in [-0.1, -0.05) is 52.0 Å². The molecule has 3 aliphatic heterocycles. The molecule has 18 heteroatoms. The second kappa shape index (κ2) is 22.2. The number of ether oxygens (including phenoxy) is 6. The summed E-state index contributed by atoms with van der Waals surface area (Å²) in [5, 5.41) is 21.7. The van der Waals surface area contributed by atoms with E-state index in [0.717, 1.165) is 11.3 Å². The Morgan fingerprint density at radius 1 is 1.03 bits per heavy atom. The summed E-state index contributed by atoms with van der Waals surface area (Å²) in [5.74, 6) is -4.97. The van der Waals surface area contributed by atoms with Crippen LogP contribution in [-0.2, 0) is 38.0 Å². The van der Waals surface area contributed by atoms with Gasteiger partial charge in [-0.3, -0.25) is 9.59 Å². The number of hydrogen-bond donors (Lipinski definition) is 3. The van der Waals surface area contributed by atoms with Crippen molar-refractivity contribution in [1.82, 2.24) is 30.2 Å². The molecule has 0 unspecified atom stereocenters. The molecule has 3 aliphatic rings. The molecule has 0 saturated carbocycles. The van der Waals surface area contributed by atoms with Crippen LogP contribution in [-0.4, -0.2) is 149 Å². The summed E-state index contributed by atoms with van der Waals surface area (Å²) in [6.07, 6.45) is -1.08. The number of esters is 1. The van der Waals surface area contributed by atoms with Crippen LogP contribution in [0.1, 0.15) is 94.1 Å². The number of carbonyl (C=O) groups excluding carboxylic acids is 5. The number of aromatic nitrogens is 2. The Morgan fingerprint density at radius 3 is 2.32 bits per heavy atom. The fraction of sp³-hybridized carbons (Fsp3) is 0.667. The number of aliphatic hydroxyl groups is 1.